The Kier molecular flexibility index (Phi) is 5.36. The Bertz CT molecular complexity index is 611. The molecule has 0 aromatic heterocycles. The van der Waals surface area contributed by atoms with Crippen LogP contribution in [0.3, 0.4) is 0 Å². The fraction of sp³-hybridized carbons (Fsp3) is 0.500. The largest absolute Gasteiger partial charge is 0.491 e. The number of hydrogen-bond acceptors (Lipinski definition) is 4. The number of fused-ring (bicyclic) bond motifs is 1. The Morgan fingerprint density at radius 2 is 1.96 bits per heavy atom. The number of nitrogens with one attached hydrogen (secondary N) is 2. The minimum Gasteiger partial charge on any atom is -0.491 e. The number of anilines is 2. The van der Waals surface area contributed by atoms with Crippen LogP contribution in [0.15, 0.2) is 12.1 Å². The van der Waals surface area contributed by atoms with Gasteiger partial charge >= 0.3 is 6.09 Å². The molecule has 0 spiro atoms. The Hall–Kier alpha value is -1.95. The van der Waals surface area contributed by atoms with E-state index >= 15 is 0 Å². The molecule has 7 heteroatoms. The van der Waals surface area contributed by atoms with Crippen molar-refractivity contribution in [3.63, 3.8) is 0 Å². The molecule has 2 rings (SSSR count). The average molecular weight is 341 g/mol. The number of benzene rings is 1. The van der Waals surface area contributed by atoms with Gasteiger partial charge < -0.3 is 14.8 Å². The molecule has 1 aromatic carbocycles. The fourth-order valence-corrected chi connectivity index (χ4v) is 2.34. The van der Waals surface area contributed by atoms with Crippen LogP contribution in [-0.4, -0.2) is 30.1 Å². The van der Waals surface area contributed by atoms with Crippen molar-refractivity contribution < 1.29 is 19.1 Å². The maximum Gasteiger partial charge on any atom is 0.412 e. The molecule has 0 atom stereocenters. The second-order valence-electron chi connectivity index (χ2n) is 6.23. The Balaban J connectivity index is 2.24. The lowest BCUT2D eigenvalue weighted by molar-refractivity contribution is -0.113. The van der Waals surface area contributed by atoms with Gasteiger partial charge in [0.2, 0.25) is 5.91 Å². The van der Waals surface area contributed by atoms with Crippen LogP contribution >= 0.6 is 11.6 Å². The molecule has 0 unspecified atom stereocenters. The van der Waals surface area contributed by atoms with Crippen molar-refractivity contribution in [1.29, 1.82) is 0 Å². The third-order valence-electron chi connectivity index (χ3n) is 3.11. The number of halogens is 1. The van der Waals surface area contributed by atoms with Gasteiger partial charge in [0.1, 0.15) is 17.2 Å². The lowest BCUT2D eigenvalue weighted by Crippen LogP contribution is -2.27. The van der Waals surface area contributed by atoms with Crippen molar-refractivity contribution in [3.8, 4) is 5.75 Å². The fourth-order valence-electron chi connectivity index (χ4n) is 2.28. The molecule has 0 saturated carbocycles. The smallest absolute Gasteiger partial charge is 0.412 e. The zero-order valence-corrected chi connectivity index (χ0v) is 14.3. The van der Waals surface area contributed by atoms with Crippen LogP contribution in [0.1, 0.15) is 32.8 Å². The number of carbonyl (C=O) groups excluding carboxylic acids is 2. The van der Waals surface area contributed by atoms with Crippen LogP contribution in [0.25, 0.3) is 0 Å². The van der Waals surface area contributed by atoms with Crippen molar-refractivity contribution >= 4 is 35.0 Å². The first-order valence-corrected chi connectivity index (χ1v) is 7.98. The number of rotatable bonds is 3. The number of carbonyl (C=O) groups is 2. The van der Waals surface area contributed by atoms with E-state index in [1.165, 1.54) is 0 Å². The second kappa shape index (κ2) is 7.08. The standard InChI is InChI=1S/C16H21ClN2O4/c1-16(2,3)23-15(21)19-12-7-6-11(18-13(20)9-17)10-5-4-8-22-14(10)12/h6-7H,4-5,8-9H2,1-3H3,(H,18,20)(H,19,21). The van der Waals surface area contributed by atoms with E-state index in [-0.39, 0.29) is 11.8 Å². The van der Waals surface area contributed by atoms with Gasteiger partial charge in [-0.05, 0) is 45.7 Å². The summed E-state index contributed by atoms with van der Waals surface area (Å²) in [7, 11) is 0. The Morgan fingerprint density at radius 1 is 1.26 bits per heavy atom. The highest BCUT2D eigenvalue weighted by Crippen LogP contribution is 2.38. The SMILES string of the molecule is CC(C)(C)OC(=O)Nc1ccc(NC(=O)CCl)c2c1OCCC2. The zero-order chi connectivity index (χ0) is 17.0. The Morgan fingerprint density at radius 3 is 2.61 bits per heavy atom. The molecular formula is C16H21ClN2O4. The third kappa shape index (κ3) is 4.76. The highest BCUT2D eigenvalue weighted by molar-refractivity contribution is 6.29. The van der Waals surface area contributed by atoms with Gasteiger partial charge in [0, 0.05) is 11.3 Å². The van der Waals surface area contributed by atoms with Gasteiger partial charge in [-0.1, -0.05) is 0 Å². The van der Waals surface area contributed by atoms with Gasteiger partial charge in [0.05, 0.1) is 12.3 Å². The van der Waals surface area contributed by atoms with Gasteiger partial charge in [0.15, 0.2) is 0 Å². The lowest BCUT2D eigenvalue weighted by Gasteiger charge is -2.24. The molecule has 0 saturated heterocycles. The normalized spacial score (nSPS) is 13.6. The van der Waals surface area contributed by atoms with Crippen LogP contribution in [0, 0.1) is 0 Å². The van der Waals surface area contributed by atoms with E-state index in [2.05, 4.69) is 10.6 Å². The summed E-state index contributed by atoms with van der Waals surface area (Å²) in [6.07, 6.45) is 1.04. The summed E-state index contributed by atoms with van der Waals surface area (Å²) in [4.78, 5) is 23.5. The zero-order valence-electron chi connectivity index (χ0n) is 13.5. The molecule has 0 radical (unpaired) electrons. The monoisotopic (exact) mass is 340 g/mol. The minimum atomic E-state index is -0.584. The molecule has 1 aliphatic rings. The average Bonchev–Trinajstić information content (AvgIpc) is 2.47. The van der Waals surface area contributed by atoms with Gasteiger partial charge in [-0.2, -0.15) is 0 Å². The first-order valence-electron chi connectivity index (χ1n) is 7.44. The maximum absolute atomic E-state index is 11.9. The molecular weight excluding hydrogens is 320 g/mol. The van der Waals surface area contributed by atoms with Crippen LogP contribution in [0.2, 0.25) is 0 Å². The molecule has 2 N–H and O–H groups in total. The van der Waals surface area contributed by atoms with Crippen LogP contribution < -0.4 is 15.4 Å². The van der Waals surface area contributed by atoms with Crippen molar-refractivity contribution in [2.75, 3.05) is 23.1 Å². The summed E-state index contributed by atoms with van der Waals surface area (Å²) in [6.45, 7) is 5.94. The Labute approximate surface area is 140 Å². The molecule has 1 aliphatic heterocycles. The summed E-state index contributed by atoms with van der Waals surface area (Å²) in [5.74, 6) is 0.162. The van der Waals surface area contributed by atoms with E-state index in [9.17, 15) is 9.59 Å². The number of alkyl halides is 1. The lowest BCUT2D eigenvalue weighted by atomic mass is 10.0. The van der Waals surface area contributed by atoms with E-state index in [1.54, 1.807) is 32.9 Å². The van der Waals surface area contributed by atoms with E-state index < -0.39 is 11.7 Å². The molecule has 0 fully saturated rings. The summed E-state index contributed by atoms with van der Waals surface area (Å²) in [6, 6.07) is 3.41. The molecule has 6 nitrogen and oxygen atoms in total. The van der Waals surface area contributed by atoms with Crippen molar-refractivity contribution in [2.45, 2.75) is 39.2 Å². The summed E-state index contributed by atoms with van der Waals surface area (Å²) in [5, 5.41) is 5.44. The van der Waals surface area contributed by atoms with Crippen LogP contribution in [0.5, 0.6) is 5.75 Å². The molecule has 0 aliphatic carbocycles. The van der Waals surface area contributed by atoms with Gasteiger partial charge in [0.25, 0.3) is 0 Å². The highest BCUT2D eigenvalue weighted by Gasteiger charge is 2.22. The van der Waals surface area contributed by atoms with Crippen LogP contribution in [0.4, 0.5) is 16.2 Å². The number of ether oxygens (including phenoxy) is 2. The molecule has 126 valence electrons. The molecule has 2 amide bonds. The molecule has 1 aromatic rings. The highest BCUT2D eigenvalue weighted by atomic mass is 35.5. The first-order chi connectivity index (χ1) is 10.8. The number of hydrogen-bond donors (Lipinski definition) is 2. The summed E-state index contributed by atoms with van der Waals surface area (Å²) >= 11 is 5.53. The number of amides is 2. The van der Waals surface area contributed by atoms with E-state index in [4.69, 9.17) is 21.1 Å². The topological polar surface area (TPSA) is 76.7 Å². The predicted octanol–water partition coefficient (Wildman–Crippen LogP) is 3.54. The molecule has 1 heterocycles. The van der Waals surface area contributed by atoms with E-state index in [0.29, 0.717) is 23.7 Å². The minimum absolute atomic E-state index is 0.118. The molecule has 23 heavy (non-hydrogen) atoms. The summed E-state index contributed by atoms with van der Waals surface area (Å²) < 4.78 is 10.9. The van der Waals surface area contributed by atoms with Crippen molar-refractivity contribution in [2.24, 2.45) is 0 Å². The predicted molar refractivity (Wildman–Crippen MR) is 89.5 cm³/mol. The van der Waals surface area contributed by atoms with Gasteiger partial charge in [-0.25, -0.2) is 4.79 Å². The third-order valence-corrected chi connectivity index (χ3v) is 3.35. The van der Waals surface area contributed by atoms with E-state index in [1.807, 2.05) is 0 Å². The first kappa shape index (κ1) is 17.4. The molecule has 0 bridgehead atoms. The quantitative estimate of drug-likeness (QED) is 0.825. The summed E-state index contributed by atoms with van der Waals surface area (Å²) in [5.41, 5.74) is 1.44. The van der Waals surface area contributed by atoms with Crippen LogP contribution in [-0.2, 0) is 16.0 Å². The second-order valence-corrected chi connectivity index (χ2v) is 6.50. The van der Waals surface area contributed by atoms with E-state index in [0.717, 1.165) is 18.4 Å². The van der Waals surface area contributed by atoms with Gasteiger partial charge in [-0.15, -0.1) is 11.6 Å². The maximum atomic E-state index is 11.9. The van der Waals surface area contributed by atoms with Gasteiger partial charge in [-0.3, -0.25) is 10.1 Å². The van der Waals surface area contributed by atoms with Crippen molar-refractivity contribution in [1.82, 2.24) is 0 Å². The van der Waals surface area contributed by atoms with Crippen molar-refractivity contribution in [3.05, 3.63) is 17.7 Å².